The Kier molecular flexibility index (Phi) is 20.5. The molecule has 0 fully saturated rings. The fourth-order valence-corrected chi connectivity index (χ4v) is 6.38. The summed E-state index contributed by atoms with van der Waals surface area (Å²) < 4.78 is 0. The van der Waals surface area contributed by atoms with Gasteiger partial charge in [-0.15, -0.1) is 0 Å². The van der Waals surface area contributed by atoms with Crippen molar-refractivity contribution >= 4 is 40.7 Å². The molecule has 6 N–H and O–H groups in total. The van der Waals surface area contributed by atoms with Gasteiger partial charge in [0, 0.05) is 68.7 Å². The van der Waals surface area contributed by atoms with Gasteiger partial charge in [0.05, 0.1) is 13.1 Å². The molecule has 11 nitrogen and oxygen atoms in total. The zero-order chi connectivity index (χ0) is 38.0. The minimum atomic E-state index is -0.782. The van der Waals surface area contributed by atoms with E-state index in [1.165, 1.54) is 11.9 Å². The molecule has 0 aliphatic rings. The number of Topliss-reactive ketones (excluding diaryl/α,β-unsaturated/α-hetero) is 5. The summed E-state index contributed by atoms with van der Waals surface area (Å²) in [6.07, 6.45) is 2.38. The lowest BCUT2D eigenvalue weighted by molar-refractivity contribution is -0.141. The molecular formula is C39H62N4O7. The number of ketones is 5. The molecule has 0 radical (unpaired) electrons. The Morgan fingerprint density at radius 3 is 1.84 bits per heavy atom. The van der Waals surface area contributed by atoms with Gasteiger partial charge in [0.2, 0.25) is 11.8 Å². The minimum Gasteiger partial charge on any atom is -0.369 e. The molecule has 0 aliphatic carbocycles. The van der Waals surface area contributed by atoms with Crippen LogP contribution < -0.4 is 17.2 Å². The molecule has 280 valence electrons. The van der Waals surface area contributed by atoms with Crippen molar-refractivity contribution in [1.82, 2.24) is 4.90 Å². The van der Waals surface area contributed by atoms with E-state index in [-0.39, 0.29) is 98.3 Å². The Hall–Kier alpha value is -3.57. The van der Waals surface area contributed by atoms with Crippen LogP contribution in [0.25, 0.3) is 0 Å². The van der Waals surface area contributed by atoms with Crippen LogP contribution in [0, 0.1) is 41.4 Å². The molecule has 0 aromatic heterocycles. The average molecular weight is 699 g/mol. The molecule has 1 rings (SSSR count). The number of carbonyl (C=O) groups is 7. The first-order chi connectivity index (χ1) is 23.5. The summed E-state index contributed by atoms with van der Waals surface area (Å²) >= 11 is 0. The van der Waals surface area contributed by atoms with Gasteiger partial charge in [-0.1, -0.05) is 71.4 Å². The maximum absolute atomic E-state index is 14.0. The maximum Gasteiger partial charge on any atom is 0.226 e. The number of nitrogens with two attached hydrogens (primary N) is 3. The highest BCUT2D eigenvalue weighted by Crippen LogP contribution is 2.29. The lowest BCUT2D eigenvalue weighted by Crippen LogP contribution is -2.40. The second-order valence-corrected chi connectivity index (χ2v) is 14.7. The van der Waals surface area contributed by atoms with E-state index >= 15 is 0 Å². The number of hydrogen-bond acceptors (Lipinski definition) is 9. The highest BCUT2D eigenvalue weighted by atomic mass is 16.2. The number of unbranched alkanes of at least 4 members (excludes halogenated alkanes) is 1. The normalized spacial score (nSPS) is 14.4. The summed E-state index contributed by atoms with van der Waals surface area (Å²) in [6.45, 7) is 9.33. The molecule has 0 saturated carbocycles. The third kappa shape index (κ3) is 16.4. The molecule has 0 saturated heterocycles. The highest BCUT2D eigenvalue weighted by Gasteiger charge is 2.35. The number of amides is 2. The Bertz CT molecular complexity index is 1280. The molecule has 5 unspecified atom stereocenters. The maximum atomic E-state index is 14.0. The van der Waals surface area contributed by atoms with Crippen molar-refractivity contribution in [1.29, 1.82) is 0 Å². The van der Waals surface area contributed by atoms with Crippen LogP contribution in [0.5, 0.6) is 0 Å². The lowest BCUT2D eigenvalue weighted by Gasteiger charge is -2.27. The van der Waals surface area contributed by atoms with E-state index in [4.69, 9.17) is 17.2 Å². The van der Waals surface area contributed by atoms with Gasteiger partial charge in [-0.3, -0.25) is 33.6 Å². The van der Waals surface area contributed by atoms with E-state index < -0.39 is 35.5 Å². The van der Waals surface area contributed by atoms with Crippen molar-refractivity contribution in [2.45, 2.75) is 98.8 Å². The van der Waals surface area contributed by atoms with E-state index in [1.54, 1.807) is 6.92 Å². The third-order valence-corrected chi connectivity index (χ3v) is 9.39. The standard InChI is InChI=1S/C39H62N4O7/c1-25(2)16-30(20-35(46)29(14-10-11-15-40)19-32(44)23-41)36(47)22-34(26(3)4)37(48)21-31(18-28-12-8-7-9-13-28)39(50)43(6)24-33(45)17-27(5)38(42)49/h7-9,12-13,25-27,29-31,34H,10-11,14-24,40-41H2,1-6H3,(H2,42,49). The van der Waals surface area contributed by atoms with E-state index in [0.29, 0.717) is 25.8 Å². The monoisotopic (exact) mass is 698 g/mol. The molecule has 0 aliphatic heterocycles. The van der Waals surface area contributed by atoms with Gasteiger partial charge < -0.3 is 22.1 Å². The predicted octanol–water partition coefficient (Wildman–Crippen LogP) is 3.86. The number of carbonyl (C=O) groups excluding carboxylic acids is 7. The van der Waals surface area contributed by atoms with E-state index in [0.717, 1.165) is 12.0 Å². The second kappa shape index (κ2) is 23.0. The minimum absolute atomic E-state index is 0.0104. The first-order valence-electron chi connectivity index (χ1n) is 18.1. The molecule has 5 atom stereocenters. The van der Waals surface area contributed by atoms with Crippen LogP contribution in [0.3, 0.4) is 0 Å². The van der Waals surface area contributed by atoms with Crippen molar-refractivity contribution in [2.75, 3.05) is 26.7 Å². The van der Waals surface area contributed by atoms with Crippen LogP contribution in [0.1, 0.15) is 98.0 Å². The zero-order valence-corrected chi connectivity index (χ0v) is 31.2. The number of likely N-dealkylation sites (N-methyl/N-ethyl adjacent to an activating group) is 1. The van der Waals surface area contributed by atoms with Crippen molar-refractivity contribution in [3.8, 4) is 0 Å². The topological polar surface area (TPSA) is 201 Å². The Morgan fingerprint density at radius 2 is 1.30 bits per heavy atom. The molecule has 11 heteroatoms. The molecule has 1 aromatic rings. The molecule has 2 amide bonds. The largest absolute Gasteiger partial charge is 0.369 e. The Morgan fingerprint density at radius 1 is 0.700 bits per heavy atom. The van der Waals surface area contributed by atoms with E-state index in [9.17, 15) is 33.6 Å². The Labute approximate surface area is 298 Å². The number of benzene rings is 1. The van der Waals surface area contributed by atoms with Gasteiger partial charge in [-0.25, -0.2) is 0 Å². The molecule has 0 spiro atoms. The van der Waals surface area contributed by atoms with Crippen LogP contribution in [0.15, 0.2) is 30.3 Å². The van der Waals surface area contributed by atoms with E-state index in [2.05, 4.69) is 0 Å². The van der Waals surface area contributed by atoms with Gasteiger partial charge >= 0.3 is 0 Å². The summed E-state index contributed by atoms with van der Waals surface area (Å²) in [5, 5.41) is 0. The number of hydrogen-bond donors (Lipinski definition) is 3. The van der Waals surface area contributed by atoms with Crippen LogP contribution in [-0.2, 0) is 40.0 Å². The molecule has 50 heavy (non-hydrogen) atoms. The SMILES string of the molecule is CC(C)CC(CC(=O)C(CCCCN)CC(=O)CN)C(=O)CC(C(=O)CC(Cc1ccccc1)C(=O)N(C)CC(=O)CC(C)C(N)=O)C(C)C. The Balaban J connectivity index is 3.23. The summed E-state index contributed by atoms with van der Waals surface area (Å²) in [4.78, 5) is 92.8. The quantitative estimate of drug-likeness (QED) is 0.114. The first kappa shape index (κ1) is 44.5. The lowest BCUT2D eigenvalue weighted by atomic mass is 9.77. The van der Waals surface area contributed by atoms with Crippen molar-refractivity contribution in [3.05, 3.63) is 35.9 Å². The van der Waals surface area contributed by atoms with Crippen LogP contribution in [0.4, 0.5) is 0 Å². The van der Waals surface area contributed by atoms with Crippen molar-refractivity contribution < 1.29 is 33.6 Å². The average Bonchev–Trinajstić information content (AvgIpc) is 3.05. The number of nitrogens with zero attached hydrogens (tertiary/aromatic N) is 1. The summed E-state index contributed by atoms with van der Waals surface area (Å²) in [5.74, 6) is -5.42. The molecule has 0 heterocycles. The van der Waals surface area contributed by atoms with Gasteiger partial charge in [0.25, 0.3) is 0 Å². The van der Waals surface area contributed by atoms with Gasteiger partial charge in [0.15, 0.2) is 5.78 Å². The van der Waals surface area contributed by atoms with Gasteiger partial charge in [-0.2, -0.15) is 0 Å². The third-order valence-electron chi connectivity index (χ3n) is 9.39. The number of rotatable bonds is 27. The fraction of sp³-hybridized carbons (Fsp3) is 0.667. The van der Waals surface area contributed by atoms with Gasteiger partial charge in [-0.05, 0) is 49.6 Å². The number of primary amides is 1. The van der Waals surface area contributed by atoms with Crippen molar-refractivity contribution in [3.63, 3.8) is 0 Å². The highest BCUT2D eigenvalue weighted by molar-refractivity contribution is 5.95. The smallest absolute Gasteiger partial charge is 0.226 e. The van der Waals surface area contributed by atoms with Crippen LogP contribution in [0.2, 0.25) is 0 Å². The van der Waals surface area contributed by atoms with Gasteiger partial charge in [0.1, 0.15) is 23.1 Å². The first-order valence-corrected chi connectivity index (χ1v) is 18.1. The van der Waals surface area contributed by atoms with Crippen LogP contribution in [-0.4, -0.2) is 72.3 Å². The summed E-state index contributed by atoms with van der Waals surface area (Å²) in [6, 6.07) is 9.28. The summed E-state index contributed by atoms with van der Waals surface area (Å²) in [5.41, 5.74) is 17.3. The second-order valence-electron chi connectivity index (χ2n) is 14.7. The molecular weight excluding hydrogens is 636 g/mol. The fourth-order valence-electron chi connectivity index (χ4n) is 6.38. The van der Waals surface area contributed by atoms with Crippen LogP contribution >= 0.6 is 0 Å². The molecule has 1 aromatic carbocycles. The van der Waals surface area contributed by atoms with Crippen molar-refractivity contribution in [2.24, 2.45) is 58.6 Å². The van der Waals surface area contributed by atoms with E-state index in [1.807, 2.05) is 58.0 Å². The summed E-state index contributed by atoms with van der Waals surface area (Å²) in [7, 11) is 1.50. The molecule has 0 bridgehead atoms. The zero-order valence-electron chi connectivity index (χ0n) is 31.2. The predicted molar refractivity (Wildman–Crippen MR) is 194 cm³/mol.